The molecule has 12 heavy (non-hydrogen) atoms. The van der Waals surface area contributed by atoms with E-state index in [2.05, 4.69) is 34.2 Å². The van der Waals surface area contributed by atoms with Gasteiger partial charge >= 0.3 is 0 Å². The molecule has 1 fully saturated rings. The predicted molar refractivity (Wildman–Crippen MR) is 59.4 cm³/mol. The minimum Gasteiger partial charge on any atom is -0.309 e. The lowest BCUT2D eigenvalue weighted by atomic mass is 10.1. The standard InChI is InChI=1S/C8H10BrNS.ClH/c1-5-4-7(11-8(5)9)6-2-3-10-6;/h4,6,10H,2-3H2,1H3;1H/t6-;/m1./s1. The van der Waals surface area contributed by atoms with Crippen molar-refractivity contribution in [3.8, 4) is 0 Å². The van der Waals surface area contributed by atoms with Gasteiger partial charge in [-0.05, 0) is 47.4 Å². The fourth-order valence-corrected chi connectivity index (χ4v) is 2.87. The van der Waals surface area contributed by atoms with Crippen LogP contribution in [0, 0.1) is 6.92 Å². The number of halogens is 2. The maximum absolute atomic E-state index is 3.53. The topological polar surface area (TPSA) is 12.0 Å². The van der Waals surface area contributed by atoms with Gasteiger partial charge in [0.25, 0.3) is 0 Å². The average molecular weight is 269 g/mol. The molecule has 0 bridgehead atoms. The SMILES string of the molecule is Cc1cc([C@H]2CCN2)sc1Br.Cl. The summed E-state index contributed by atoms with van der Waals surface area (Å²) in [5.41, 5.74) is 1.36. The van der Waals surface area contributed by atoms with Crippen molar-refractivity contribution in [2.45, 2.75) is 19.4 Å². The van der Waals surface area contributed by atoms with Gasteiger partial charge in [0.05, 0.1) is 3.79 Å². The lowest BCUT2D eigenvalue weighted by Crippen LogP contribution is -2.34. The van der Waals surface area contributed by atoms with E-state index in [1.54, 1.807) is 0 Å². The summed E-state index contributed by atoms with van der Waals surface area (Å²) in [4.78, 5) is 1.47. The van der Waals surface area contributed by atoms with Gasteiger partial charge in [0.2, 0.25) is 0 Å². The van der Waals surface area contributed by atoms with Crippen LogP contribution in [0.5, 0.6) is 0 Å². The number of aryl methyl sites for hydroxylation is 1. The van der Waals surface area contributed by atoms with Crippen molar-refractivity contribution in [2.75, 3.05) is 6.54 Å². The first-order valence-electron chi connectivity index (χ1n) is 3.76. The fraction of sp³-hybridized carbons (Fsp3) is 0.500. The Balaban J connectivity index is 0.000000720. The Kier molecular flexibility index (Phi) is 3.58. The molecule has 0 amide bonds. The molecule has 1 nitrogen and oxygen atoms in total. The molecule has 68 valence electrons. The quantitative estimate of drug-likeness (QED) is 0.824. The van der Waals surface area contributed by atoms with Crippen molar-refractivity contribution in [1.82, 2.24) is 5.32 Å². The van der Waals surface area contributed by atoms with Crippen LogP contribution in [0.3, 0.4) is 0 Å². The highest BCUT2D eigenvalue weighted by molar-refractivity contribution is 9.11. The summed E-state index contributed by atoms with van der Waals surface area (Å²) in [5, 5.41) is 3.39. The van der Waals surface area contributed by atoms with Crippen LogP contribution in [-0.4, -0.2) is 6.54 Å². The van der Waals surface area contributed by atoms with Crippen molar-refractivity contribution in [1.29, 1.82) is 0 Å². The van der Waals surface area contributed by atoms with E-state index in [0.29, 0.717) is 6.04 Å². The molecule has 0 saturated carbocycles. The van der Waals surface area contributed by atoms with Gasteiger partial charge in [-0.2, -0.15) is 0 Å². The van der Waals surface area contributed by atoms with Crippen molar-refractivity contribution in [3.05, 3.63) is 20.3 Å². The molecule has 1 aromatic rings. The van der Waals surface area contributed by atoms with E-state index in [1.807, 2.05) is 11.3 Å². The summed E-state index contributed by atoms with van der Waals surface area (Å²) in [5.74, 6) is 0. The van der Waals surface area contributed by atoms with Gasteiger partial charge < -0.3 is 5.32 Å². The average Bonchev–Trinajstić information content (AvgIpc) is 2.08. The molecule has 1 atom stereocenters. The zero-order chi connectivity index (χ0) is 7.84. The Morgan fingerprint density at radius 2 is 2.33 bits per heavy atom. The van der Waals surface area contributed by atoms with E-state index in [9.17, 15) is 0 Å². The molecule has 4 heteroatoms. The molecule has 0 spiro atoms. The first kappa shape index (κ1) is 10.5. The molecular weight excluding hydrogens is 258 g/mol. The molecule has 0 unspecified atom stereocenters. The van der Waals surface area contributed by atoms with Crippen LogP contribution >= 0.6 is 39.7 Å². The Labute approximate surface area is 91.1 Å². The molecular formula is C8H11BrClNS. The predicted octanol–water partition coefficient (Wildman–Crippen LogP) is 3.28. The van der Waals surface area contributed by atoms with Gasteiger partial charge in [-0.15, -0.1) is 23.7 Å². The normalized spacial score (nSPS) is 21.3. The maximum Gasteiger partial charge on any atom is 0.0731 e. The van der Waals surface area contributed by atoms with E-state index >= 15 is 0 Å². The van der Waals surface area contributed by atoms with E-state index in [-0.39, 0.29) is 12.4 Å². The maximum atomic E-state index is 3.53. The van der Waals surface area contributed by atoms with Crippen molar-refractivity contribution < 1.29 is 0 Å². The van der Waals surface area contributed by atoms with Crippen LogP contribution in [-0.2, 0) is 0 Å². The van der Waals surface area contributed by atoms with Gasteiger partial charge in [-0.3, -0.25) is 0 Å². The van der Waals surface area contributed by atoms with E-state index in [1.165, 1.54) is 27.2 Å². The van der Waals surface area contributed by atoms with Crippen LogP contribution in [0.2, 0.25) is 0 Å². The highest BCUT2D eigenvalue weighted by atomic mass is 79.9. The van der Waals surface area contributed by atoms with Crippen LogP contribution in [0.4, 0.5) is 0 Å². The summed E-state index contributed by atoms with van der Waals surface area (Å²) >= 11 is 5.38. The van der Waals surface area contributed by atoms with Crippen LogP contribution in [0.15, 0.2) is 9.85 Å². The number of rotatable bonds is 1. The molecule has 0 aromatic carbocycles. The smallest absolute Gasteiger partial charge is 0.0731 e. The number of hydrogen-bond acceptors (Lipinski definition) is 2. The second kappa shape index (κ2) is 4.09. The summed E-state index contributed by atoms with van der Waals surface area (Å²) in [6.07, 6.45) is 1.30. The minimum atomic E-state index is 0. The first-order chi connectivity index (χ1) is 5.27. The third-order valence-corrected chi connectivity index (χ3v) is 4.29. The minimum absolute atomic E-state index is 0. The van der Waals surface area contributed by atoms with Gasteiger partial charge in [0, 0.05) is 10.9 Å². The molecule has 1 aliphatic rings. The van der Waals surface area contributed by atoms with E-state index in [4.69, 9.17) is 0 Å². The highest BCUT2D eigenvalue weighted by Crippen LogP contribution is 2.34. The zero-order valence-corrected chi connectivity index (χ0v) is 9.98. The molecule has 0 aliphatic carbocycles. The van der Waals surface area contributed by atoms with Crippen LogP contribution in [0.25, 0.3) is 0 Å². The zero-order valence-electron chi connectivity index (χ0n) is 6.76. The second-order valence-corrected chi connectivity index (χ2v) is 5.30. The molecule has 2 rings (SSSR count). The van der Waals surface area contributed by atoms with Gasteiger partial charge in [-0.25, -0.2) is 0 Å². The van der Waals surface area contributed by atoms with Crippen LogP contribution in [0.1, 0.15) is 22.9 Å². The Morgan fingerprint density at radius 3 is 2.67 bits per heavy atom. The van der Waals surface area contributed by atoms with Crippen molar-refractivity contribution in [3.63, 3.8) is 0 Å². The number of nitrogens with one attached hydrogen (secondary N) is 1. The number of thiophene rings is 1. The molecule has 1 aromatic heterocycles. The third-order valence-electron chi connectivity index (χ3n) is 2.04. The monoisotopic (exact) mass is 267 g/mol. The molecule has 0 radical (unpaired) electrons. The second-order valence-electron chi connectivity index (χ2n) is 2.90. The lowest BCUT2D eigenvalue weighted by Gasteiger charge is -2.26. The van der Waals surface area contributed by atoms with Gasteiger partial charge in [0.15, 0.2) is 0 Å². The van der Waals surface area contributed by atoms with E-state index in [0.717, 1.165) is 0 Å². The summed E-state index contributed by atoms with van der Waals surface area (Å²) in [7, 11) is 0. The molecule has 1 N–H and O–H groups in total. The fourth-order valence-electron chi connectivity index (χ4n) is 1.19. The highest BCUT2D eigenvalue weighted by Gasteiger charge is 2.20. The molecule has 2 heterocycles. The summed E-state index contributed by atoms with van der Waals surface area (Å²) in [6.45, 7) is 3.32. The van der Waals surface area contributed by atoms with Gasteiger partial charge in [0.1, 0.15) is 0 Å². The Bertz CT molecular complexity index is 251. The molecule has 1 saturated heterocycles. The Morgan fingerprint density at radius 1 is 1.67 bits per heavy atom. The lowest BCUT2D eigenvalue weighted by molar-refractivity contribution is 0.389. The molecule has 1 aliphatic heterocycles. The number of hydrogen-bond donors (Lipinski definition) is 1. The third kappa shape index (κ3) is 1.84. The van der Waals surface area contributed by atoms with E-state index < -0.39 is 0 Å². The van der Waals surface area contributed by atoms with Crippen molar-refractivity contribution in [2.24, 2.45) is 0 Å². The van der Waals surface area contributed by atoms with Crippen molar-refractivity contribution >= 4 is 39.7 Å². The van der Waals surface area contributed by atoms with Crippen LogP contribution < -0.4 is 5.32 Å². The largest absolute Gasteiger partial charge is 0.309 e. The summed E-state index contributed by atoms with van der Waals surface area (Å²) < 4.78 is 1.28. The Hall–Kier alpha value is 0.430. The van der Waals surface area contributed by atoms with Gasteiger partial charge in [-0.1, -0.05) is 0 Å². The summed E-state index contributed by atoms with van der Waals surface area (Å²) in [6, 6.07) is 2.91. The first-order valence-corrected chi connectivity index (χ1v) is 5.37.